The summed E-state index contributed by atoms with van der Waals surface area (Å²) in [6.45, 7) is 7.18. The number of methoxy groups -OCH3 is 1. The zero-order valence-corrected chi connectivity index (χ0v) is 15.4. The monoisotopic (exact) mass is 348 g/mol. The van der Waals surface area contributed by atoms with E-state index in [1.165, 1.54) is 11.8 Å². The first-order valence-electron chi connectivity index (χ1n) is 8.05. The van der Waals surface area contributed by atoms with Gasteiger partial charge in [0.15, 0.2) is 5.16 Å². The fourth-order valence-corrected chi connectivity index (χ4v) is 3.04. The van der Waals surface area contributed by atoms with Gasteiger partial charge in [-0.1, -0.05) is 32.5 Å². The summed E-state index contributed by atoms with van der Waals surface area (Å²) < 4.78 is 7.21. The number of amides is 1. The molecule has 0 saturated heterocycles. The molecule has 0 aliphatic carbocycles. The first kappa shape index (κ1) is 18.3. The lowest BCUT2D eigenvalue weighted by Gasteiger charge is -2.10. The molecule has 0 radical (unpaired) electrons. The molecule has 0 atom stereocenters. The minimum atomic E-state index is -0.0673. The third-order valence-electron chi connectivity index (χ3n) is 3.42. The van der Waals surface area contributed by atoms with Crippen LogP contribution in [0.5, 0.6) is 5.75 Å². The summed E-state index contributed by atoms with van der Waals surface area (Å²) in [7, 11) is 1.61. The minimum Gasteiger partial charge on any atom is -0.497 e. The van der Waals surface area contributed by atoms with Crippen molar-refractivity contribution in [1.82, 2.24) is 14.8 Å². The van der Waals surface area contributed by atoms with E-state index in [9.17, 15) is 4.79 Å². The molecule has 1 aromatic heterocycles. The molecule has 0 aliphatic heterocycles. The van der Waals surface area contributed by atoms with Crippen molar-refractivity contribution in [3.8, 4) is 5.75 Å². The van der Waals surface area contributed by atoms with Gasteiger partial charge >= 0.3 is 0 Å². The Balaban J connectivity index is 1.95. The summed E-state index contributed by atoms with van der Waals surface area (Å²) in [6, 6.07) is 7.26. The summed E-state index contributed by atoms with van der Waals surface area (Å²) >= 11 is 1.41. The van der Waals surface area contributed by atoms with Gasteiger partial charge in [0, 0.05) is 18.2 Å². The summed E-state index contributed by atoms with van der Waals surface area (Å²) in [5, 5.41) is 12.2. The highest BCUT2D eigenvalue weighted by Gasteiger charge is 2.15. The van der Waals surface area contributed by atoms with Crippen molar-refractivity contribution in [1.29, 1.82) is 0 Å². The van der Waals surface area contributed by atoms with Gasteiger partial charge in [0.05, 0.1) is 12.9 Å². The van der Waals surface area contributed by atoms with E-state index in [0.29, 0.717) is 11.7 Å². The predicted molar refractivity (Wildman–Crippen MR) is 96.7 cm³/mol. The maximum atomic E-state index is 12.1. The Hall–Kier alpha value is -2.02. The number of rotatable bonds is 8. The van der Waals surface area contributed by atoms with Gasteiger partial charge in [-0.2, -0.15) is 0 Å². The zero-order valence-electron chi connectivity index (χ0n) is 14.6. The maximum Gasteiger partial charge on any atom is 0.234 e. The number of hydrogen-bond acceptors (Lipinski definition) is 5. The van der Waals surface area contributed by atoms with Crippen molar-refractivity contribution in [3.05, 3.63) is 30.1 Å². The average molecular weight is 348 g/mol. The van der Waals surface area contributed by atoms with Crippen LogP contribution in [-0.2, 0) is 11.3 Å². The maximum absolute atomic E-state index is 12.1. The zero-order chi connectivity index (χ0) is 17.5. The van der Waals surface area contributed by atoms with Crippen LogP contribution < -0.4 is 10.1 Å². The Morgan fingerprint density at radius 3 is 2.58 bits per heavy atom. The fourth-order valence-electron chi connectivity index (χ4n) is 2.27. The van der Waals surface area contributed by atoms with Crippen LogP contribution in [0.3, 0.4) is 0 Å². The number of benzene rings is 1. The van der Waals surface area contributed by atoms with Gasteiger partial charge in [0.2, 0.25) is 5.91 Å². The Morgan fingerprint density at radius 2 is 2.00 bits per heavy atom. The number of nitrogens with one attached hydrogen (secondary N) is 1. The van der Waals surface area contributed by atoms with E-state index >= 15 is 0 Å². The van der Waals surface area contributed by atoms with Crippen LogP contribution in [0.4, 0.5) is 5.69 Å². The van der Waals surface area contributed by atoms with E-state index in [2.05, 4.69) is 40.9 Å². The molecule has 1 heterocycles. The minimum absolute atomic E-state index is 0.0673. The highest BCUT2D eigenvalue weighted by Crippen LogP contribution is 2.22. The summed E-state index contributed by atoms with van der Waals surface area (Å²) in [6.07, 6.45) is 1.00. The SMILES string of the molecule is CCCn1c(SCC(=O)Nc2ccc(OC)cc2)nnc1C(C)C. The second kappa shape index (κ2) is 8.73. The van der Waals surface area contributed by atoms with Crippen LogP contribution in [0, 0.1) is 0 Å². The number of thioether (sulfide) groups is 1. The van der Waals surface area contributed by atoms with Crippen LogP contribution in [0.25, 0.3) is 0 Å². The molecule has 24 heavy (non-hydrogen) atoms. The molecule has 130 valence electrons. The standard InChI is InChI=1S/C17H24N4O2S/c1-5-10-21-16(12(2)3)19-20-17(21)24-11-15(22)18-13-6-8-14(23-4)9-7-13/h6-9,12H,5,10-11H2,1-4H3,(H,18,22). The number of aromatic nitrogens is 3. The number of carbonyl (C=O) groups is 1. The average Bonchev–Trinajstić information content (AvgIpc) is 2.97. The van der Waals surface area contributed by atoms with Crippen LogP contribution in [0.15, 0.2) is 29.4 Å². The highest BCUT2D eigenvalue weighted by molar-refractivity contribution is 7.99. The Bertz CT molecular complexity index is 668. The van der Waals surface area contributed by atoms with Gasteiger partial charge in [-0.3, -0.25) is 4.79 Å². The lowest BCUT2D eigenvalue weighted by Crippen LogP contribution is -2.15. The Labute approximate surface area is 147 Å². The van der Waals surface area contributed by atoms with Gasteiger partial charge in [0.25, 0.3) is 0 Å². The van der Waals surface area contributed by atoms with Crippen LogP contribution in [-0.4, -0.2) is 33.5 Å². The van der Waals surface area contributed by atoms with Crippen molar-refractivity contribution in [2.45, 2.75) is 44.8 Å². The quantitative estimate of drug-likeness (QED) is 0.739. The van der Waals surface area contributed by atoms with Crippen molar-refractivity contribution >= 4 is 23.4 Å². The normalized spacial score (nSPS) is 10.9. The molecular formula is C17H24N4O2S. The second-order valence-electron chi connectivity index (χ2n) is 5.71. The van der Waals surface area contributed by atoms with Crippen molar-refractivity contribution in [3.63, 3.8) is 0 Å². The molecule has 0 unspecified atom stereocenters. The highest BCUT2D eigenvalue weighted by atomic mass is 32.2. The molecule has 2 aromatic rings. The molecule has 0 aliphatic rings. The second-order valence-corrected chi connectivity index (χ2v) is 6.65. The van der Waals surface area contributed by atoms with Crippen LogP contribution >= 0.6 is 11.8 Å². The number of hydrogen-bond donors (Lipinski definition) is 1. The van der Waals surface area contributed by atoms with Gasteiger partial charge in [-0.25, -0.2) is 0 Å². The van der Waals surface area contributed by atoms with Gasteiger partial charge < -0.3 is 14.6 Å². The third-order valence-corrected chi connectivity index (χ3v) is 4.38. The number of ether oxygens (including phenoxy) is 1. The molecule has 1 aromatic carbocycles. The van der Waals surface area contributed by atoms with Gasteiger partial charge in [-0.05, 0) is 30.7 Å². The van der Waals surface area contributed by atoms with E-state index in [0.717, 1.165) is 35.4 Å². The third kappa shape index (κ3) is 4.74. The molecule has 0 spiro atoms. The lowest BCUT2D eigenvalue weighted by molar-refractivity contribution is -0.113. The molecule has 1 N–H and O–H groups in total. The predicted octanol–water partition coefficient (Wildman–Crippen LogP) is 3.55. The number of nitrogens with zero attached hydrogens (tertiary/aromatic N) is 3. The number of carbonyl (C=O) groups excluding carboxylic acids is 1. The molecule has 6 nitrogen and oxygen atoms in total. The van der Waals surface area contributed by atoms with E-state index in [1.54, 1.807) is 7.11 Å². The van der Waals surface area contributed by atoms with Crippen molar-refractivity contribution in [2.75, 3.05) is 18.2 Å². The summed E-state index contributed by atoms with van der Waals surface area (Å²) in [5.74, 6) is 2.27. The van der Waals surface area contributed by atoms with Gasteiger partial charge in [-0.15, -0.1) is 10.2 Å². The van der Waals surface area contributed by atoms with E-state index < -0.39 is 0 Å². The first-order chi connectivity index (χ1) is 11.5. The number of anilines is 1. The van der Waals surface area contributed by atoms with E-state index in [-0.39, 0.29) is 5.91 Å². The molecule has 1 amide bonds. The Kier molecular flexibility index (Phi) is 6.66. The van der Waals surface area contributed by atoms with Gasteiger partial charge in [0.1, 0.15) is 11.6 Å². The molecule has 7 heteroatoms. The summed E-state index contributed by atoms with van der Waals surface area (Å²) in [5.41, 5.74) is 0.749. The van der Waals surface area contributed by atoms with Crippen molar-refractivity contribution in [2.24, 2.45) is 0 Å². The van der Waals surface area contributed by atoms with E-state index in [4.69, 9.17) is 4.74 Å². The topological polar surface area (TPSA) is 69.0 Å². The smallest absolute Gasteiger partial charge is 0.234 e. The van der Waals surface area contributed by atoms with E-state index in [1.807, 2.05) is 24.3 Å². The van der Waals surface area contributed by atoms with Crippen molar-refractivity contribution < 1.29 is 9.53 Å². The molecular weight excluding hydrogens is 324 g/mol. The molecule has 0 bridgehead atoms. The first-order valence-corrected chi connectivity index (χ1v) is 9.03. The Morgan fingerprint density at radius 1 is 1.29 bits per heavy atom. The fraction of sp³-hybridized carbons (Fsp3) is 0.471. The summed E-state index contributed by atoms with van der Waals surface area (Å²) in [4.78, 5) is 12.1. The van der Waals surface area contributed by atoms with Crippen LogP contribution in [0.2, 0.25) is 0 Å². The molecule has 0 saturated carbocycles. The lowest BCUT2D eigenvalue weighted by atomic mass is 10.2. The van der Waals surface area contributed by atoms with Crippen LogP contribution in [0.1, 0.15) is 38.9 Å². The molecule has 2 rings (SSSR count). The largest absolute Gasteiger partial charge is 0.497 e. The molecule has 0 fully saturated rings.